The first-order valence-electron chi connectivity index (χ1n) is 10.4. The normalized spacial score (nSPS) is 18.8. The molecule has 2 heterocycles. The molecule has 0 radical (unpaired) electrons. The van der Waals surface area contributed by atoms with Crippen LogP contribution in [0.5, 0.6) is 11.5 Å². The predicted octanol–water partition coefficient (Wildman–Crippen LogP) is 2.32. The number of benzene rings is 2. The van der Waals surface area contributed by atoms with Gasteiger partial charge in [-0.15, -0.1) is 0 Å². The molecule has 35 heavy (non-hydrogen) atoms. The molecule has 176 valence electrons. The molecule has 2 aliphatic rings. The second kappa shape index (κ2) is 9.18. The van der Waals surface area contributed by atoms with Gasteiger partial charge in [-0.2, -0.15) is 4.99 Å². The third kappa shape index (κ3) is 4.62. The van der Waals surface area contributed by atoms with E-state index in [-0.39, 0.29) is 28.5 Å². The summed E-state index contributed by atoms with van der Waals surface area (Å²) in [6.07, 6.45) is 2.57. The number of rotatable bonds is 3. The van der Waals surface area contributed by atoms with Gasteiger partial charge >= 0.3 is 11.9 Å². The van der Waals surface area contributed by atoms with Crippen molar-refractivity contribution in [3.8, 4) is 11.5 Å². The van der Waals surface area contributed by atoms with E-state index in [0.29, 0.717) is 11.3 Å². The van der Waals surface area contributed by atoms with Crippen molar-refractivity contribution in [3.05, 3.63) is 77.1 Å². The molecule has 10 nitrogen and oxygen atoms in total. The summed E-state index contributed by atoms with van der Waals surface area (Å²) >= 11 is 0. The van der Waals surface area contributed by atoms with Crippen molar-refractivity contribution in [2.75, 3.05) is 7.05 Å². The van der Waals surface area contributed by atoms with E-state index in [9.17, 15) is 24.0 Å². The summed E-state index contributed by atoms with van der Waals surface area (Å²) < 4.78 is 10.2. The number of nitrogens with zero attached hydrogens (tertiary/aromatic N) is 3. The third-order valence-electron chi connectivity index (χ3n) is 5.07. The number of Topliss-reactive ketones (excluding diaryl/α,β-unsaturated/α-hetero) is 1. The zero-order valence-corrected chi connectivity index (χ0v) is 19.0. The van der Waals surface area contributed by atoms with Crippen molar-refractivity contribution in [3.63, 3.8) is 0 Å². The number of aliphatic imine (C=N–C) groups is 1. The molecule has 1 saturated heterocycles. The maximum absolute atomic E-state index is 13.3. The molecular weight excluding hydrogens is 454 g/mol. The highest BCUT2D eigenvalue weighted by molar-refractivity contribution is 6.28. The van der Waals surface area contributed by atoms with Crippen molar-refractivity contribution >= 4 is 41.6 Å². The van der Waals surface area contributed by atoms with Gasteiger partial charge < -0.3 is 14.4 Å². The average Bonchev–Trinajstić information content (AvgIpc) is 3.01. The van der Waals surface area contributed by atoms with Gasteiger partial charge in [0, 0.05) is 27.1 Å². The maximum atomic E-state index is 13.3. The quantitative estimate of drug-likeness (QED) is 0.288. The predicted molar refractivity (Wildman–Crippen MR) is 123 cm³/mol. The summed E-state index contributed by atoms with van der Waals surface area (Å²) in [7, 11) is 1.52. The number of carbonyl (C=O) groups is 5. The van der Waals surface area contributed by atoms with Gasteiger partial charge in [0.15, 0.2) is 0 Å². The van der Waals surface area contributed by atoms with E-state index in [4.69, 9.17) is 9.47 Å². The average molecular weight is 473 g/mol. The van der Waals surface area contributed by atoms with Gasteiger partial charge in [-0.05, 0) is 35.9 Å². The number of ether oxygens (including phenoxy) is 2. The van der Waals surface area contributed by atoms with Crippen LogP contribution < -0.4 is 9.47 Å². The number of hydrogen-bond donors (Lipinski definition) is 0. The Morgan fingerprint density at radius 2 is 1.69 bits per heavy atom. The number of likely N-dealkylation sites (N-methyl/N-ethyl adjacent to an activating group) is 1. The Balaban J connectivity index is 1.73. The van der Waals surface area contributed by atoms with Crippen LogP contribution in [0.15, 0.2) is 71.0 Å². The van der Waals surface area contributed by atoms with Gasteiger partial charge in [0.05, 0.1) is 5.56 Å². The first-order chi connectivity index (χ1) is 16.7. The van der Waals surface area contributed by atoms with Crippen LogP contribution in [0.25, 0.3) is 6.08 Å². The summed E-state index contributed by atoms with van der Waals surface area (Å²) in [6, 6.07) is 12.6. The van der Waals surface area contributed by atoms with Gasteiger partial charge in [-0.25, -0.2) is 4.79 Å². The van der Waals surface area contributed by atoms with E-state index in [1.165, 1.54) is 44.0 Å². The molecule has 0 N–H and O–H groups in total. The second-order valence-corrected chi connectivity index (χ2v) is 7.61. The van der Waals surface area contributed by atoms with Crippen LogP contribution in [-0.2, 0) is 19.2 Å². The molecule has 0 bridgehead atoms. The molecule has 4 rings (SSSR count). The Morgan fingerprint density at radius 1 is 1.00 bits per heavy atom. The van der Waals surface area contributed by atoms with E-state index in [1.54, 1.807) is 36.4 Å². The minimum atomic E-state index is -0.926. The van der Waals surface area contributed by atoms with E-state index >= 15 is 0 Å². The van der Waals surface area contributed by atoms with Crippen molar-refractivity contribution in [2.45, 2.75) is 13.8 Å². The van der Waals surface area contributed by atoms with E-state index in [0.717, 1.165) is 11.1 Å². The standard InChI is InChI=1S/C25H19N3O7/c1-14(29)26-25-27(3)20(12-16-8-10-17(11-9-16)34-15(2)30)23(32)28(25)13-19-22(31)18-6-4-5-7-21(18)35-24(19)33/h4-13H,1-3H3/b19-13-,20-12-,26-25?. The first-order valence-corrected chi connectivity index (χ1v) is 10.4. The molecule has 0 atom stereocenters. The van der Waals surface area contributed by atoms with Gasteiger partial charge in [-0.3, -0.25) is 24.1 Å². The van der Waals surface area contributed by atoms with Crippen molar-refractivity contribution < 1.29 is 33.4 Å². The van der Waals surface area contributed by atoms with Crippen LogP contribution in [0, 0.1) is 0 Å². The number of fused-ring (bicyclic) bond motifs is 1. The van der Waals surface area contributed by atoms with Gasteiger partial charge in [0.2, 0.25) is 17.6 Å². The zero-order chi connectivity index (χ0) is 25.3. The summed E-state index contributed by atoms with van der Waals surface area (Å²) in [4.78, 5) is 67.9. The fourth-order valence-corrected chi connectivity index (χ4v) is 3.50. The smallest absolute Gasteiger partial charge is 0.349 e. The van der Waals surface area contributed by atoms with Crippen molar-refractivity contribution in [1.29, 1.82) is 0 Å². The van der Waals surface area contributed by atoms with Gasteiger partial charge in [-0.1, -0.05) is 24.3 Å². The molecule has 2 aromatic carbocycles. The Morgan fingerprint density at radius 3 is 2.34 bits per heavy atom. The lowest BCUT2D eigenvalue weighted by Gasteiger charge is -2.19. The first kappa shape index (κ1) is 23.3. The summed E-state index contributed by atoms with van der Waals surface area (Å²) in [5.74, 6) is -2.84. The van der Waals surface area contributed by atoms with Gasteiger partial charge in [0.1, 0.15) is 22.8 Å². The molecule has 0 aliphatic carbocycles. The summed E-state index contributed by atoms with van der Waals surface area (Å²) in [5.41, 5.74) is 0.509. The summed E-state index contributed by atoms with van der Waals surface area (Å²) in [5, 5.41) is 0. The molecule has 10 heteroatoms. The minimum absolute atomic E-state index is 0.0859. The lowest BCUT2D eigenvalue weighted by atomic mass is 10.0. The lowest BCUT2D eigenvalue weighted by molar-refractivity contribution is -0.132. The molecule has 1 fully saturated rings. The molecule has 2 aliphatic heterocycles. The van der Waals surface area contributed by atoms with Gasteiger partial charge in [0.25, 0.3) is 5.91 Å². The van der Waals surface area contributed by atoms with Crippen LogP contribution >= 0.6 is 0 Å². The summed E-state index contributed by atoms with van der Waals surface area (Å²) in [6.45, 7) is 2.49. The fourth-order valence-electron chi connectivity index (χ4n) is 3.50. The third-order valence-corrected chi connectivity index (χ3v) is 5.07. The number of esters is 2. The number of hydrogen-bond acceptors (Lipinski definition) is 7. The molecule has 0 unspecified atom stereocenters. The topological polar surface area (TPSA) is 123 Å². The van der Waals surface area contributed by atoms with Crippen LogP contribution in [-0.4, -0.2) is 52.3 Å². The molecule has 2 aromatic rings. The minimum Gasteiger partial charge on any atom is -0.427 e. The Hall–Kier alpha value is -4.86. The van der Waals surface area contributed by atoms with Crippen LogP contribution in [0.2, 0.25) is 0 Å². The fraction of sp³-hybridized carbons (Fsp3) is 0.120. The molecule has 0 spiro atoms. The highest BCUT2D eigenvalue weighted by Crippen LogP contribution is 2.30. The zero-order valence-electron chi connectivity index (χ0n) is 19.0. The number of guanidine groups is 1. The highest BCUT2D eigenvalue weighted by Gasteiger charge is 2.39. The number of ketones is 1. The Kier molecular flexibility index (Phi) is 6.11. The van der Waals surface area contributed by atoms with E-state index in [2.05, 4.69) is 4.99 Å². The highest BCUT2D eigenvalue weighted by atomic mass is 16.5. The van der Waals surface area contributed by atoms with Crippen LogP contribution in [0.1, 0.15) is 29.8 Å². The van der Waals surface area contributed by atoms with E-state index < -0.39 is 29.5 Å². The monoisotopic (exact) mass is 473 g/mol. The molecule has 2 amide bonds. The largest absolute Gasteiger partial charge is 0.427 e. The van der Waals surface area contributed by atoms with Crippen molar-refractivity contribution in [1.82, 2.24) is 9.80 Å². The second-order valence-electron chi connectivity index (χ2n) is 7.61. The Bertz CT molecular complexity index is 1370. The SMILES string of the molecule is CC(=O)N=C1N(/C=C2\C(=O)Oc3ccccc3C2=O)C(=O)/C(=C/c2ccc(OC(C)=O)cc2)N1C. The van der Waals surface area contributed by atoms with E-state index in [1.807, 2.05) is 0 Å². The number of para-hydroxylation sites is 1. The molecular formula is C25H19N3O7. The lowest BCUT2D eigenvalue weighted by Crippen LogP contribution is -2.33. The molecule has 0 aromatic heterocycles. The number of amides is 2. The van der Waals surface area contributed by atoms with Crippen LogP contribution in [0.3, 0.4) is 0 Å². The molecule has 0 saturated carbocycles. The Labute approximate surface area is 199 Å². The number of carbonyl (C=O) groups excluding carboxylic acids is 5. The maximum Gasteiger partial charge on any atom is 0.349 e. The van der Waals surface area contributed by atoms with Crippen molar-refractivity contribution in [2.24, 2.45) is 4.99 Å². The van der Waals surface area contributed by atoms with Crippen LogP contribution in [0.4, 0.5) is 0 Å².